The van der Waals surface area contributed by atoms with Crippen LogP contribution in [0.4, 0.5) is 11.4 Å². The Labute approximate surface area is 118 Å². The average molecular weight is 292 g/mol. The number of benzene rings is 1. The third-order valence-corrected chi connectivity index (χ3v) is 3.68. The van der Waals surface area contributed by atoms with Crippen LogP contribution in [0.5, 0.6) is 0 Å². The fraction of sp³-hybridized carbons (Fsp3) is 0.167. The van der Waals surface area contributed by atoms with Gasteiger partial charge in [0.05, 0.1) is 22.7 Å². The van der Waals surface area contributed by atoms with Crippen LogP contribution in [0, 0.1) is 17.0 Å². The number of amides is 1. The van der Waals surface area contributed by atoms with Gasteiger partial charge in [0.25, 0.3) is 11.6 Å². The summed E-state index contributed by atoms with van der Waals surface area (Å²) in [5.41, 5.74) is 8.18. The van der Waals surface area contributed by atoms with Crippen molar-refractivity contribution in [3.05, 3.63) is 50.0 Å². The summed E-state index contributed by atoms with van der Waals surface area (Å²) >= 11 is 1.46. The number of carbonyl (C=O) groups excluding carboxylic acids is 1. The molecule has 1 heterocycles. The predicted octanol–water partition coefficient (Wildman–Crippen LogP) is 1.87. The molecular weight excluding hydrogens is 280 g/mol. The van der Waals surface area contributed by atoms with Crippen LogP contribution in [0.1, 0.15) is 20.9 Å². The molecule has 2 rings (SSSR count). The number of nitrogens with two attached hydrogens (primary N) is 1. The highest BCUT2D eigenvalue weighted by molar-refractivity contribution is 7.09. The van der Waals surface area contributed by atoms with Crippen molar-refractivity contribution in [2.24, 2.45) is 0 Å². The minimum absolute atomic E-state index is 0.0309. The van der Waals surface area contributed by atoms with Gasteiger partial charge in [0, 0.05) is 16.5 Å². The standard InChI is InChI=1S/C12H12N4O3S/c1-7-11(20-6-15-7)5-14-12(17)8-2-3-10(16(18)19)9(13)4-8/h2-4,6H,5,13H2,1H3,(H,14,17). The van der Waals surface area contributed by atoms with Crippen LogP contribution < -0.4 is 11.1 Å². The van der Waals surface area contributed by atoms with Crippen molar-refractivity contribution < 1.29 is 9.72 Å². The lowest BCUT2D eigenvalue weighted by atomic mass is 10.1. The zero-order valence-electron chi connectivity index (χ0n) is 10.6. The van der Waals surface area contributed by atoms with E-state index in [1.54, 1.807) is 5.51 Å². The number of nitrogens with zero attached hydrogens (tertiary/aromatic N) is 2. The highest BCUT2D eigenvalue weighted by Crippen LogP contribution is 2.22. The fourth-order valence-electron chi connectivity index (χ4n) is 1.62. The lowest BCUT2D eigenvalue weighted by Crippen LogP contribution is -2.22. The van der Waals surface area contributed by atoms with Gasteiger partial charge in [-0.25, -0.2) is 4.98 Å². The highest BCUT2D eigenvalue weighted by atomic mass is 32.1. The summed E-state index contributed by atoms with van der Waals surface area (Å²) in [5.74, 6) is -0.334. The minimum Gasteiger partial charge on any atom is -0.393 e. The number of hydrogen-bond donors (Lipinski definition) is 2. The zero-order valence-corrected chi connectivity index (χ0v) is 11.4. The summed E-state index contributed by atoms with van der Waals surface area (Å²) in [4.78, 5) is 27.0. The lowest BCUT2D eigenvalue weighted by molar-refractivity contribution is -0.383. The Morgan fingerprint density at radius 3 is 2.85 bits per heavy atom. The first-order valence-electron chi connectivity index (χ1n) is 5.70. The van der Waals surface area contributed by atoms with E-state index in [1.165, 1.54) is 29.5 Å². The number of carbonyl (C=O) groups is 1. The molecule has 0 atom stereocenters. The van der Waals surface area contributed by atoms with Crippen molar-refractivity contribution in [2.45, 2.75) is 13.5 Å². The topological polar surface area (TPSA) is 111 Å². The number of aryl methyl sites for hydroxylation is 1. The van der Waals surface area contributed by atoms with E-state index in [2.05, 4.69) is 10.3 Å². The highest BCUT2D eigenvalue weighted by Gasteiger charge is 2.14. The van der Waals surface area contributed by atoms with Gasteiger partial charge < -0.3 is 11.1 Å². The number of anilines is 1. The summed E-state index contributed by atoms with van der Waals surface area (Å²) in [6.45, 7) is 2.23. The SMILES string of the molecule is Cc1ncsc1CNC(=O)c1ccc([N+](=O)[O-])c(N)c1. The number of rotatable bonds is 4. The van der Waals surface area contributed by atoms with Gasteiger partial charge in [-0.05, 0) is 19.1 Å². The van der Waals surface area contributed by atoms with E-state index in [0.717, 1.165) is 10.6 Å². The molecule has 0 fully saturated rings. The first-order valence-corrected chi connectivity index (χ1v) is 6.58. The number of nitro benzene ring substituents is 1. The Morgan fingerprint density at radius 2 is 2.30 bits per heavy atom. The molecule has 0 saturated carbocycles. The van der Waals surface area contributed by atoms with Crippen molar-refractivity contribution in [2.75, 3.05) is 5.73 Å². The third-order valence-electron chi connectivity index (χ3n) is 2.74. The summed E-state index contributed by atoms with van der Waals surface area (Å²) in [7, 11) is 0. The molecule has 0 radical (unpaired) electrons. The molecule has 0 spiro atoms. The molecule has 20 heavy (non-hydrogen) atoms. The number of aromatic nitrogens is 1. The van der Waals surface area contributed by atoms with E-state index >= 15 is 0 Å². The first kappa shape index (κ1) is 13.9. The van der Waals surface area contributed by atoms with Gasteiger partial charge >= 0.3 is 0 Å². The summed E-state index contributed by atoms with van der Waals surface area (Å²) < 4.78 is 0. The molecule has 3 N–H and O–H groups in total. The Bertz CT molecular complexity index is 668. The zero-order chi connectivity index (χ0) is 14.7. The van der Waals surface area contributed by atoms with Gasteiger partial charge in [-0.2, -0.15) is 0 Å². The normalized spacial score (nSPS) is 10.2. The summed E-state index contributed by atoms with van der Waals surface area (Å²) in [6.07, 6.45) is 0. The smallest absolute Gasteiger partial charge is 0.292 e. The Balaban J connectivity index is 2.08. The van der Waals surface area contributed by atoms with Crippen molar-refractivity contribution in [3.63, 3.8) is 0 Å². The second-order valence-electron chi connectivity index (χ2n) is 4.07. The van der Waals surface area contributed by atoms with E-state index in [9.17, 15) is 14.9 Å². The van der Waals surface area contributed by atoms with Crippen molar-refractivity contribution >= 4 is 28.6 Å². The van der Waals surface area contributed by atoms with Crippen LogP contribution in [0.3, 0.4) is 0 Å². The molecule has 0 aliphatic rings. The molecule has 1 amide bonds. The molecular formula is C12H12N4O3S. The van der Waals surface area contributed by atoms with Gasteiger partial charge in [0.2, 0.25) is 0 Å². The Hall–Kier alpha value is -2.48. The van der Waals surface area contributed by atoms with Gasteiger partial charge in [0.15, 0.2) is 0 Å². The monoisotopic (exact) mass is 292 g/mol. The summed E-state index contributed by atoms with van der Waals surface area (Å²) in [6, 6.07) is 3.90. The van der Waals surface area contributed by atoms with E-state index < -0.39 is 4.92 Å². The second-order valence-corrected chi connectivity index (χ2v) is 5.01. The fourth-order valence-corrected chi connectivity index (χ4v) is 2.34. The molecule has 1 aromatic heterocycles. The van der Waals surface area contributed by atoms with E-state index in [0.29, 0.717) is 6.54 Å². The molecule has 0 saturated heterocycles. The van der Waals surface area contributed by atoms with Crippen LogP contribution in [0.2, 0.25) is 0 Å². The maximum atomic E-state index is 11.9. The van der Waals surface area contributed by atoms with E-state index in [-0.39, 0.29) is 22.8 Å². The first-order chi connectivity index (χ1) is 9.49. The minimum atomic E-state index is -0.586. The van der Waals surface area contributed by atoms with Crippen molar-refractivity contribution in [3.8, 4) is 0 Å². The molecule has 0 bridgehead atoms. The van der Waals surface area contributed by atoms with E-state index in [4.69, 9.17) is 5.73 Å². The largest absolute Gasteiger partial charge is 0.393 e. The van der Waals surface area contributed by atoms with Gasteiger partial charge in [0.1, 0.15) is 5.69 Å². The molecule has 7 nitrogen and oxygen atoms in total. The average Bonchev–Trinajstić information content (AvgIpc) is 2.81. The van der Waals surface area contributed by atoms with Gasteiger partial charge in [-0.1, -0.05) is 0 Å². The van der Waals surface area contributed by atoms with Crippen LogP contribution in [-0.2, 0) is 6.54 Å². The van der Waals surface area contributed by atoms with Crippen molar-refractivity contribution in [1.29, 1.82) is 0 Å². The van der Waals surface area contributed by atoms with Gasteiger partial charge in [-0.15, -0.1) is 11.3 Å². The maximum Gasteiger partial charge on any atom is 0.292 e. The molecule has 0 aliphatic heterocycles. The number of hydrogen-bond acceptors (Lipinski definition) is 6. The Morgan fingerprint density at radius 1 is 1.55 bits per heavy atom. The van der Waals surface area contributed by atoms with E-state index in [1.807, 2.05) is 6.92 Å². The lowest BCUT2D eigenvalue weighted by Gasteiger charge is -2.05. The number of nitrogen functional groups attached to an aromatic ring is 1. The summed E-state index contributed by atoms with van der Waals surface area (Å²) in [5, 5.41) is 13.4. The second kappa shape index (κ2) is 5.66. The van der Waals surface area contributed by atoms with Crippen molar-refractivity contribution in [1.82, 2.24) is 10.3 Å². The molecule has 1 aromatic carbocycles. The van der Waals surface area contributed by atoms with Crippen LogP contribution in [0.15, 0.2) is 23.7 Å². The number of nitro groups is 1. The molecule has 0 unspecified atom stereocenters. The quantitative estimate of drug-likeness (QED) is 0.507. The van der Waals surface area contributed by atoms with Crippen LogP contribution in [0.25, 0.3) is 0 Å². The van der Waals surface area contributed by atoms with Crippen LogP contribution in [-0.4, -0.2) is 15.8 Å². The van der Waals surface area contributed by atoms with Gasteiger partial charge in [-0.3, -0.25) is 14.9 Å². The Kier molecular flexibility index (Phi) is 3.94. The molecule has 8 heteroatoms. The predicted molar refractivity (Wildman–Crippen MR) is 75.5 cm³/mol. The maximum absolute atomic E-state index is 11.9. The number of nitrogens with one attached hydrogen (secondary N) is 1. The van der Waals surface area contributed by atoms with Crippen LogP contribution >= 0.6 is 11.3 Å². The molecule has 0 aliphatic carbocycles. The number of thiazole rings is 1. The molecule has 104 valence electrons. The third kappa shape index (κ3) is 2.91. The molecule has 2 aromatic rings.